The zero-order chi connectivity index (χ0) is 30.5. The largest absolute Gasteiger partial charge is 0.508 e. The predicted molar refractivity (Wildman–Crippen MR) is 156 cm³/mol. The number of hydrogen-bond acceptors (Lipinski definition) is 9. The Kier molecular flexibility index (Phi) is 18.0. The minimum atomic E-state index is -0.734. The number of fused-ring (bicyclic) bond motifs is 1. The number of unbranched alkanes of at least 4 members (excludes halogenated alkanes) is 3. The van der Waals surface area contributed by atoms with Crippen LogP contribution in [0, 0.1) is 0 Å². The van der Waals surface area contributed by atoms with Gasteiger partial charge in [-0.1, -0.05) is 49.6 Å². The first kappa shape index (κ1) is 35.2. The molecule has 2 rings (SSSR count). The van der Waals surface area contributed by atoms with E-state index in [0.29, 0.717) is 32.4 Å². The van der Waals surface area contributed by atoms with Crippen LogP contribution in [0.1, 0.15) is 81.6 Å². The molecule has 1 aromatic rings. The average Bonchev–Trinajstić information content (AvgIpc) is 2.91. The summed E-state index contributed by atoms with van der Waals surface area (Å²) in [5.41, 5.74) is 0.420. The van der Waals surface area contributed by atoms with Crippen molar-refractivity contribution in [3.8, 4) is 11.5 Å². The molecule has 0 radical (unpaired) electrons. The summed E-state index contributed by atoms with van der Waals surface area (Å²) in [7, 11) is 0. The zero-order valence-corrected chi connectivity index (χ0v) is 24.3. The number of rotatable bonds is 11. The molecule has 228 valence electrons. The van der Waals surface area contributed by atoms with E-state index in [-0.39, 0.29) is 41.0 Å². The molecule has 0 spiro atoms. The summed E-state index contributed by atoms with van der Waals surface area (Å²) in [6.07, 6.45) is 13.6. The lowest BCUT2D eigenvalue weighted by Gasteiger charge is -2.17. The number of nitrogens with one attached hydrogen (secondary N) is 2. The van der Waals surface area contributed by atoms with E-state index in [1.165, 1.54) is 32.3 Å². The maximum absolute atomic E-state index is 12.7. The van der Waals surface area contributed by atoms with Gasteiger partial charge < -0.3 is 35.5 Å². The highest BCUT2D eigenvalue weighted by molar-refractivity contribution is 6.00. The lowest BCUT2D eigenvalue weighted by molar-refractivity contribution is -0.119. The van der Waals surface area contributed by atoms with Crippen LogP contribution in [0.3, 0.4) is 0 Å². The van der Waals surface area contributed by atoms with Gasteiger partial charge in [0.15, 0.2) is 0 Å². The van der Waals surface area contributed by atoms with E-state index in [9.17, 15) is 29.8 Å². The highest BCUT2D eigenvalue weighted by Gasteiger charge is 2.22. The highest BCUT2D eigenvalue weighted by Crippen LogP contribution is 2.29. The number of phenolic OH excluding ortho intramolecular Hbond substituents is 2. The number of amides is 2. The first-order valence-corrected chi connectivity index (χ1v) is 14.0. The van der Waals surface area contributed by atoms with Gasteiger partial charge in [0.1, 0.15) is 23.2 Å². The Balaban J connectivity index is 0.000000803. The van der Waals surface area contributed by atoms with Crippen molar-refractivity contribution >= 4 is 24.0 Å². The fraction of sp³-hybridized carbons (Fsp3) is 0.533. The lowest BCUT2D eigenvalue weighted by atomic mass is 9.99. The summed E-state index contributed by atoms with van der Waals surface area (Å²) < 4.78 is 11.3. The highest BCUT2D eigenvalue weighted by atomic mass is 16.5. The molecule has 1 unspecified atom stereocenters. The third-order valence-electron chi connectivity index (χ3n) is 5.98. The normalized spacial score (nSPS) is 19.9. The molecule has 0 bridgehead atoms. The van der Waals surface area contributed by atoms with Crippen molar-refractivity contribution in [1.82, 2.24) is 10.6 Å². The number of ether oxygens (including phenoxy) is 2. The second-order valence-corrected chi connectivity index (χ2v) is 9.66. The van der Waals surface area contributed by atoms with Crippen molar-refractivity contribution in [3.05, 3.63) is 47.6 Å². The summed E-state index contributed by atoms with van der Waals surface area (Å²) >= 11 is 0. The van der Waals surface area contributed by atoms with E-state index in [1.807, 2.05) is 12.2 Å². The number of phenols is 2. The molecule has 2 atom stereocenters. The van der Waals surface area contributed by atoms with E-state index in [2.05, 4.69) is 22.7 Å². The lowest BCUT2D eigenvalue weighted by Crippen LogP contribution is -2.22. The van der Waals surface area contributed by atoms with Crippen LogP contribution < -0.4 is 10.6 Å². The Hall–Kier alpha value is -3.86. The molecule has 11 heteroatoms. The first-order valence-electron chi connectivity index (χ1n) is 14.0. The summed E-state index contributed by atoms with van der Waals surface area (Å²) in [5.74, 6) is -1.45. The Morgan fingerprint density at radius 1 is 1.15 bits per heavy atom. The number of allylic oxidation sites excluding steroid dienone is 1. The molecule has 0 saturated carbocycles. The number of oxime groups is 1. The standard InChI is InChI=1S/C23H30N2O7.C7H15NO/c1-15-6-3-8-20(31-11-5-10-24-16(2)26)9-4-7-18(25-30)12-17-13-19(27)14-21(28)22(17)23(29)32-15;1-2-3-4-5-6-8-7-9/h3-4,7-8,13-15,20,27-28,30H,5-6,9-12H2,1-2H3,(H,24,26);7H,2-6H2,1H3,(H,8,9)/b7-4+,8-3+,25-18-;/t15-,20?;/m1./s1. The summed E-state index contributed by atoms with van der Waals surface area (Å²) in [4.78, 5) is 33.3. The van der Waals surface area contributed by atoms with Crippen molar-refractivity contribution in [2.45, 2.75) is 84.3 Å². The van der Waals surface area contributed by atoms with Gasteiger partial charge in [-0.3, -0.25) is 9.59 Å². The molecule has 0 aliphatic carbocycles. The first-order chi connectivity index (χ1) is 19.7. The van der Waals surface area contributed by atoms with Gasteiger partial charge in [-0.05, 0) is 43.9 Å². The molecule has 0 saturated heterocycles. The number of nitrogens with zero attached hydrogens (tertiary/aromatic N) is 1. The van der Waals surface area contributed by atoms with Crippen LogP contribution in [0.5, 0.6) is 11.5 Å². The van der Waals surface area contributed by atoms with Gasteiger partial charge in [-0.25, -0.2) is 4.79 Å². The molecule has 0 aromatic heterocycles. The van der Waals surface area contributed by atoms with Crippen LogP contribution in [0.4, 0.5) is 0 Å². The van der Waals surface area contributed by atoms with E-state index in [4.69, 9.17) is 9.47 Å². The second kappa shape index (κ2) is 21.0. The third-order valence-corrected chi connectivity index (χ3v) is 5.98. The quantitative estimate of drug-likeness (QED) is 0.0655. The van der Waals surface area contributed by atoms with Crippen LogP contribution in [-0.4, -0.2) is 71.3 Å². The zero-order valence-electron chi connectivity index (χ0n) is 24.3. The molecule has 1 aromatic carbocycles. The second-order valence-electron chi connectivity index (χ2n) is 9.66. The summed E-state index contributed by atoms with van der Waals surface area (Å²) in [6, 6.07) is 2.39. The molecule has 2 amide bonds. The van der Waals surface area contributed by atoms with Gasteiger partial charge in [-0.15, -0.1) is 0 Å². The van der Waals surface area contributed by atoms with E-state index < -0.39 is 17.8 Å². The van der Waals surface area contributed by atoms with Gasteiger partial charge in [0.25, 0.3) is 0 Å². The Morgan fingerprint density at radius 2 is 1.93 bits per heavy atom. The van der Waals surface area contributed by atoms with Crippen LogP contribution in [0.25, 0.3) is 0 Å². The third kappa shape index (κ3) is 15.5. The van der Waals surface area contributed by atoms with Crippen molar-refractivity contribution < 1.29 is 39.3 Å². The number of aromatic hydroxyl groups is 2. The van der Waals surface area contributed by atoms with Gasteiger partial charge in [0.2, 0.25) is 12.3 Å². The number of carbonyl (C=O) groups is 3. The van der Waals surface area contributed by atoms with Crippen molar-refractivity contribution in [2.24, 2.45) is 5.16 Å². The minimum Gasteiger partial charge on any atom is -0.508 e. The Labute approximate surface area is 242 Å². The van der Waals surface area contributed by atoms with E-state index in [0.717, 1.165) is 25.4 Å². The van der Waals surface area contributed by atoms with Crippen LogP contribution in [-0.2, 0) is 25.5 Å². The number of esters is 1. The Bertz CT molecular complexity index is 1040. The van der Waals surface area contributed by atoms with Crippen LogP contribution in [0.15, 0.2) is 41.6 Å². The van der Waals surface area contributed by atoms with Gasteiger partial charge in [0, 0.05) is 45.5 Å². The number of hydrogen-bond donors (Lipinski definition) is 5. The molecule has 5 N–H and O–H groups in total. The number of cyclic esters (lactones) is 1. The number of carbonyl (C=O) groups excluding carboxylic acids is 3. The molecule has 0 fully saturated rings. The minimum absolute atomic E-state index is 0.00808. The van der Waals surface area contributed by atoms with Gasteiger partial charge >= 0.3 is 5.97 Å². The van der Waals surface area contributed by atoms with Crippen LogP contribution in [0.2, 0.25) is 0 Å². The molecule has 1 heterocycles. The van der Waals surface area contributed by atoms with Crippen LogP contribution >= 0.6 is 0 Å². The monoisotopic (exact) mass is 575 g/mol. The van der Waals surface area contributed by atoms with Crippen molar-refractivity contribution in [1.29, 1.82) is 0 Å². The topological polar surface area (TPSA) is 167 Å². The predicted octanol–water partition coefficient (Wildman–Crippen LogP) is 4.15. The van der Waals surface area contributed by atoms with E-state index in [1.54, 1.807) is 19.1 Å². The molecular formula is C30H45N3O8. The molecule has 41 heavy (non-hydrogen) atoms. The number of benzene rings is 1. The summed E-state index contributed by atoms with van der Waals surface area (Å²) in [5, 5.41) is 38.0. The molecule has 1 aliphatic heterocycles. The van der Waals surface area contributed by atoms with Gasteiger partial charge in [-0.2, -0.15) is 0 Å². The SMILES string of the molecule is CC(=O)NCCCOC1/C=C/C[C@@H](C)OC(=O)c2c(O)cc(O)cc2CC(=N\O)/C=C/C1.CCCCCCNC=O. The van der Waals surface area contributed by atoms with Crippen molar-refractivity contribution in [2.75, 3.05) is 19.7 Å². The van der Waals surface area contributed by atoms with Crippen molar-refractivity contribution in [3.63, 3.8) is 0 Å². The maximum Gasteiger partial charge on any atom is 0.342 e. The Morgan fingerprint density at radius 3 is 2.61 bits per heavy atom. The maximum atomic E-state index is 12.7. The average molecular weight is 576 g/mol. The smallest absolute Gasteiger partial charge is 0.342 e. The fourth-order valence-corrected chi connectivity index (χ4v) is 3.90. The van der Waals surface area contributed by atoms with Gasteiger partial charge in [0.05, 0.1) is 11.8 Å². The fourth-order valence-electron chi connectivity index (χ4n) is 3.90. The molecular weight excluding hydrogens is 530 g/mol. The molecule has 1 aliphatic rings. The van der Waals surface area contributed by atoms with E-state index >= 15 is 0 Å². The summed E-state index contributed by atoms with van der Waals surface area (Å²) in [6.45, 7) is 7.17. The molecule has 11 nitrogen and oxygen atoms in total.